The van der Waals surface area contributed by atoms with Crippen molar-refractivity contribution in [3.8, 4) is 0 Å². The van der Waals surface area contributed by atoms with Gasteiger partial charge in [-0.25, -0.2) is 4.39 Å². The quantitative estimate of drug-likeness (QED) is 0.761. The van der Waals surface area contributed by atoms with Crippen molar-refractivity contribution in [3.05, 3.63) is 35.6 Å². The summed E-state index contributed by atoms with van der Waals surface area (Å²) in [5, 5.41) is 3.17. The monoisotopic (exact) mass is 259 g/mol. The van der Waals surface area contributed by atoms with Crippen LogP contribution in [0.25, 0.3) is 0 Å². The Hall–Kier alpha value is -0.640. The van der Waals surface area contributed by atoms with E-state index in [0.717, 1.165) is 19.1 Å². The molecule has 0 bridgehead atoms. The van der Waals surface area contributed by atoms with E-state index in [1.807, 2.05) is 6.07 Å². The Bertz CT molecular complexity index is 331. The minimum absolute atomic E-state index is 0. The highest BCUT2D eigenvalue weighted by atomic mass is 35.5. The molecule has 4 heteroatoms. The van der Waals surface area contributed by atoms with E-state index in [1.165, 1.54) is 18.9 Å². The van der Waals surface area contributed by atoms with Gasteiger partial charge in [-0.3, -0.25) is 0 Å². The maximum Gasteiger partial charge on any atom is 0.127 e. The smallest absolute Gasteiger partial charge is 0.127 e. The fourth-order valence-corrected chi connectivity index (χ4v) is 1.54. The standard InChI is InChI=1S/C13H18FNO.ClH/c14-13-4-2-1-3-12(13)9-15-7-8-16-10-11-5-6-11;/h1-4,11,15H,5-10H2;1H. The molecule has 0 amide bonds. The van der Waals surface area contributed by atoms with Crippen LogP contribution in [0.5, 0.6) is 0 Å². The molecule has 17 heavy (non-hydrogen) atoms. The molecule has 0 unspecified atom stereocenters. The number of ether oxygens (including phenoxy) is 1. The van der Waals surface area contributed by atoms with Crippen molar-refractivity contribution in [2.45, 2.75) is 19.4 Å². The summed E-state index contributed by atoms with van der Waals surface area (Å²) in [5.41, 5.74) is 0.713. The lowest BCUT2D eigenvalue weighted by molar-refractivity contribution is 0.126. The topological polar surface area (TPSA) is 21.3 Å². The normalized spacial score (nSPS) is 14.4. The highest BCUT2D eigenvalue weighted by molar-refractivity contribution is 5.85. The van der Waals surface area contributed by atoms with Gasteiger partial charge in [0.2, 0.25) is 0 Å². The highest BCUT2D eigenvalue weighted by Gasteiger charge is 2.20. The fourth-order valence-electron chi connectivity index (χ4n) is 1.54. The molecule has 1 N–H and O–H groups in total. The van der Waals surface area contributed by atoms with Crippen LogP contribution in [0, 0.1) is 11.7 Å². The van der Waals surface area contributed by atoms with Crippen LogP contribution in [0.2, 0.25) is 0 Å². The van der Waals surface area contributed by atoms with Gasteiger partial charge in [-0.2, -0.15) is 0 Å². The Kier molecular flexibility index (Phi) is 6.48. The minimum Gasteiger partial charge on any atom is -0.380 e. The zero-order chi connectivity index (χ0) is 11.2. The van der Waals surface area contributed by atoms with E-state index in [9.17, 15) is 4.39 Å². The fraction of sp³-hybridized carbons (Fsp3) is 0.538. The average Bonchev–Trinajstić information content (AvgIpc) is 3.09. The van der Waals surface area contributed by atoms with E-state index >= 15 is 0 Å². The van der Waals surface area contributed by atoms with Crippen LogP contribution >= 0.6 is 12.4 Å². The number of nitrogens with one attached hydrogen (secondary N) is 1. The van der Waals surface area contributed by atoms with E-state index in [2.05, 4.69) is 5.32 Å². The third kappa shape index (κ3) is 5.48. The summed E-state index contributed by atoms with van der Waals surface area (Å²) < 4.78 is 18.7. The minimum atomic E-state index is -0.145. The van der Waals surface area contributed by atoms with Crippen LogP contribution in [0.3, 0.4) is 0 Å². The molecule has 1 fully saturated rings. The number of hydrogen-bond donors (Lipinski definition) is 1. The van der Waals surface area contributed by atoms with Crippen LogP contribution in [0.1, 0.15) is 18.4 Å². The molecule has 1 saturated carbocycles. The van der Waals surface area contributed by atoms with Gasteiger partial charge in [0, 0.05) is 25.3 Å². The number of halogens is 2. The second-order valence-corrected chi connectivity index (χ2v) is 4.29. The molecule has 0 saturated heterocycles. The van der Waals surface area contributed by atoms with Crippen molar-refractivity contribution in [1.29, 1.82) is 0 Å². The van der Waals surface area contributed by atoms with Crippen molar-refractivity contribution >= 4 is 12.4 Å². The van der Waals surface area contributed by atoms with Crippen molar-refractivity contribution in [2.24, 2.45) is 5.92 Å². The lowest BCUT2D eigenvalue weighted by Crippen LogP contribution is -2.20. The molecular formula is C13H19ClFNO. The lowest BCUT2D eigenvalue weighted by Gasteiger charge is -2.06. The molecule has 1 aliphatic carbocycles. The maximum absolute atomic E-state index is 13.2. The zero-order valence-electron chi connectivity index (χ0n) is 9.82. The highest BCUT2D eigenvalue weighted by Crippen LogP contribution is 2.28. The second-order valence-electron chi connectivity index (χ2n) is 4.29. The van der Waals surface area contributed by atoms with Gasteiger partial charge in [-0.1, -0.05) is 18.2 Å². The summed E-state index contributed by atoms with van der Waals surface area (Å²) in [5.74, 6) is 0.667. The van der Waals surface area contributed by atoms with E-state index < -0.39 is 0 Å². The van der Waals surface area contributed by atoms with Gasteiger partial charge < -0.3 is 10.1 Å². The van der Waals surface area contributed by atoms with Gasteiger partial charge in [0.1, 0.15) is 5.82 Å². The first-order chi connectivity index (χ1) is 7.86. The molecule has 2 nitrogen and oxygen atoms in total. The summed E-state index contributed by atoms with van der Waals surface area (Å²) >= 11 is 0. The van der Waals surface area contributed by atoms with Crippen molar-refractivity contribution in [2.75, 3.05) is 19.8 Å². The summed E-state index contributed by atoms with van der Waals surface area (Å²) in [6.07, 6.45) is 2.64. The molecule has 0 aromatic heterocycles. The molecule has 0 radical (unpaired) electrons. The molecule has 96 valence electrons. The van der Waals surface area contributed by atoms with Gasteiger partial charge in [-0.05, 0) is 24.8 Å². The first-order valence-electron chi connectivity index (χ1n) is 5.88. The maximum atomic E-state index is 13.2. The van der Waals surface area contributed by atoms with Crippen molar-refractivity contribution in [3.63, 3.8) is 0 Å². The molecule has 0 heterocycles. The lowest BCUT2D eigenvalue weighted by atomic mass is 10.2. The van der Waals surface area contributed by atoms with Crippen LogP contribution in [-0.2, 0) is 11.3 Å². The Morgan fingerprint density at radius 3 is 2.76 bits per heavy atom. The summed E-state index contributed by atoms with van der Waals surface area (Å²) in [7, 11) is 0. The third-order valence-electron chi connectivity index (χ3n) is 2.75. The molecule has 2 rings (SSSR count). The Morgan fingerprint density at radius 1 is 1.29 bits per heavy atom. The zero-order valence-corrected chi connectivity index (χ0v) is 10.6. The van der Waals surface area contributed by atoms with Gasteiger partial charge in [0.15, 0.2) is 0 Å². The number of rotatable bonds is 7. The summed E-state index contributed by atoms with van der Waals surface area (Å²) in [6, 6.07) is 6.84. The molecule has 1 aliphatic rings. The first-order valence-corrected chi connectivity index (χ1v) is 5.88. The van der Waals surface area contributed by atoms with E-state index in [4.69, 9.17) is 4.74 Å². The Balaban J connectivity index is 0.00000144. The van der Waals surface area contributed by atoms with E-state index in [-0.39, 0.29) is 18.2 Å². The van der Waals surface area contributed by atoms with E-state index in [1.54, 1.807) is 12.1 Å². The Morgan fingerprint density at radius 2 is 2.06 bits per heavy atom. The Labute approximate surface area is 108 Å². The number of benzene rings is 1. The van der Waals surface area contributed by atoms with Gasteiger partial charge in [0.25, 0.3) is 0 Å². The second kappa shape index (κ2) is 7.64. The predicted octanol–water partition coefficient (Wildman–Crippen LogP) is 2.76. The SMILES string of the molecule is Cl.Fc1ccccc1CNCCOCC1CC1. The predicted molar refractivity (Wildman–Crippen MR) is 68.9 cm³/mol. The molecule has 0 spiro atoms. The van der Waals surface area contributed by atoms with Crippen molar-refractivity contribution < 1.29 is 9.13 Å². The van der Waals surface area contributed by atoms with Gasteiger partial charge in [-0.15, -0.1) is 12.4 Å². The average molecular weight is 260 g/mol. The first kappa shape index (κ1) is 14.4. The molecule has 1 aromatic rings. The molecule has 0 atom stereocenters. The molecular weight excluding hydrogens is 241 g/mol. The largest absolute Gasteiger partial charge is 0.380 e. The van der Waals surface area contributed by atoms with Crippen LogP contribution in [0.4, 0.5) is 4.39 Å². The van der Waals surface area contributed by atoms with Gasteiger partial charge >= 0.3 is 0 Å². The molecule has 1 aromatic carbocycles. The van der Waals surface area contributed by atoms with E-state index in [0.29, 0.717) is 18.7 Å². The number of hydrogen-bond acceptors (Lipinski definition) is 2. The van der Waals surface area contributed by atoms with Crippen molar-refractivity contribution in [1.82, 2.24) is 5.32 Å². The van der Waals surface area contributed by atoms with Crippen LogP contribution in [-0.4, -0.2) is 19.8 Å². The molecule has 0 aliphatic heterocycles. The third-order valence-corrected chi connectivity index (χ3v) is 2.75. The van der Waals surface area contributed by atoms with Gasteiger partial charge in [0.05, 0.1) is 6.61 Å². The van der Waals surface area contributed by atoms with Crippen LogP contribution < -0.4 is 5.32 Å². The van der Waals surface area contributed by atoms with Crippen LogP contribution in [0.15, 0.2) is 24.3 Å². The summed E-state index contributed by atoms with van der Waals surface area (Å²) in [4.78, 5) is 0. The summed E-state index contributed by atoms with van der Waals surface area (Å²) in [6.45, 7) is 2.95.